The van der Waals surface area contributed by atoms with Gasteiger partial charge in [-0.2, -0.15) is 0 Å². The van der Waals surface area contributed by atoms with Crippen molar-refractivity contribution in [3.8, 4) is 5.75 Å². The summed E-state index contributed by atoms with van der Waals surface area (Å²) in [6.07, 6.45) is -0.0433. The standard InChI is InChI=1S/C25H27FN2O4S/c1-4-16(2)21-7-5-6-8-22(21)28-25(30)17(3)32-24(29)13-19-15-33-23(27-19)14-31-20-11-9-18(26)10-12-20/h5-12,15-17H,4,13-14H2,1-3H3,(H,28,30). The van der Waals surface area contributed by atoms with Crippen LogP contribution in [0.5, 0.6) is 5.75 Å². The molecule has 0 saturated carbocycles. The van der Waals surface area contributed by atoms with Gasteiger partial charge in [-0.15, -0.1) is 11.3 Å². The lowest BCUT2D eigenvalue weighted by atomic mass is 9.97. The molecule has 0 radical (unpaired) electrons. The van der Waals surface area contributed by atoms with Crippen LogP contribution in [0.4, 0.5) is 10.1 Å². The first kappa shape index (κ1) is 24.4. The van der Waals surface area contributed by atoms with Crippen molar-refractivity contribution in [1.29, 1.82) is 0 Å². The number of halogens is 1. The van der Waals surface area contributed by atoms with E-state index in [0.717, 1.165) is 17.7 Å². The minimum absolute atomic E-state index is 0.0475. The van der Waals surface area contributed by atoms with Crippen LogP contribution < -0.4 is 10.1 Å². The van der Waals surface area contributed by atoms with E-state index in [0.29, 0.717) is 22.4 Å². The fourth-order valence-electron chi connectivity index (χ4n) is 3.11. The third-order valence-electron chi connectivity index (χ3n) is 5.14. The Bertz CT molecular complexity index is 1080. The van der Waals surface area contributed by atoms with Gasteiger partial charge >= 0.3 is 5.97 Å². The molecule has 1 N–H and O–H groups in total. The second kappa shape index (κ2) is 11.6. The molecule has 3 rings (SSSR count). The molecular weight excluding hydrogens is 443 g/mol. The Morgan fingerprint density at radius 1 is 1.12 bits per heavy atom. The van der Waals surface area contributed by atoms with Crippen LogP contribution in [0.25, 0.3) is 0 Å². The number of anilines is 1. The Balaban J connectivity index is 1.49. The molecule has 33 heavy (non-hydrogen) atoms. The van der Waals surface area contributed by atoms with E-state index in [-0.39, 0.29) is 24.8 Å². The van der Waals surface area contributed by atoms with Crippen molar-refractivity contribution in [2.75, 3.05) is 5.32 Å². The highest BCUT2D eigenvalue weighted by Gasteiger charge is 2.20. The number of carbonyl (C=O) groups is 2. The number of rotatable bonds is 10. The highest BCUT2D eigenvalue weighted by atomic mass is 32.1. The zero-order valence-corrected chi connectivity index (χ0v) is 19.7. The van der Waals surface area contributed by atoms with Gasteiger partial charge in [-0.3, -0.25) is 9.59 Å². The molecule has 0 aliphatic rings. The molecule has 8 heteroatoms. The molecular formula is C25H27FN2O4S. The van der Waals surface area contributed by atoms with Crippen LogP contribution in [0.3, 0.4) is 0 Å². The van der Waals surface area contributed by atoms with Crippen molar-refractivity contribution in [2.24, 2.45) is 0 Å². The number of para-hydroxylation sites is 1. The zero-order chi connectivity index (χ0) is 23.8. The topological polar surface area (TPSA) is 77.5 Å². The number of aromatic nitrogens is 1. The predicted molar refractivity (Wildman–Crippen MR) is 126 cm³/mol. The quantitative estimate of drug-likeness (QED) is 0.397. The Labute approximate surface area is 196 Å². The Kier molecular flexibility index (Phi) is 8.54. The van der Waals surface area contributed by atoms with E-state index in [1.165, 1.54) is 35.6 Å². The molecule has 3 aromatic rings. The van der Waals surface area contributed by atoms with Crippen molar-refractivity contribution in [3.05, 3.63) is 76.0 Å². The minimum atomic E-state index is -0.942. The maximum atomic E-state index is 13.0. The van der Waals surface area contributed by atoms with Gasteiger partial charge in [0.25, 0.3) is 5.91 Å². The Hall–Kier alpha value is -3.26. The van der Waals surface area contributed by atoms with Crippen LogP contribution >= 0.6 is 11.3 Å². The monoisotopic (exact) mass is 470 g/mol. The fourth-order valence-corrected chi connectivity index (χ4v) is 3.81. The van der Waals surface area contributed by atoms with E-state index in [1.54, 1.807) is 12.3 Å². The number of hydrogen-bond acceptors (Lipinski definition) is 6. The fraction of sp³-hybridized carbons (Fsp3) is 0.320. The summed E-state index contributed by atoms with van der Waals surface area (Å²) in [4.78, 5) is 29.2. The summed E-state index contributed by atoms with van der Waals surface area (Å²) in [6.45, 7) is 5.94. The molecule has 0 aliphatic heterocycles. The summed E-state index contributed by atoms with van der Waals surface area (Å²) in [5.74, 6) is -0.428. The molecule has 0 bridgehead atoms. The van der Waals surface area contributed by atoms with Crippen LogP contribution in [0.15, 0.2) is 53.9 Å². The molecule has 1 heterocycles. The average Bonchev–Trinajstić information content (AvgIpc) is 3.25. The van der Waals surface area contributed by atoms with Crippen LogP contribution in [0, 0.1) is 5.82 Å². The van der Waals surface area contributed by atoms with Crippen molar-refractivity contribution in [3.63, 3.8) is 0 Å². The summed E-state index contributed by atoms with van der Waals surface area (Å²) >= 11 is 1.35. The van der Waals surface area contributed by atoms with Crippen LogP contribution in [0.2, 0.25) is 0 Å². The number of ether oxygens (including phenoxy) is 2. The normalized spacial score (nSPS) is 12.6. The summed E-state index contributed by atoms with van der Waals surface area (Å²) in [7, 11) is 0. The molecule has 1 aromatic heterocycles. The largest absolute Gasteiger partial charge is 0.486 e. The number of benzene rings is 2. The molecule has 6 nitrogen and oxygen atoms in total. The van der Waals surface area contributed by atoms with Gasteiger partial charge in [-0.1, -0.05) is 32.0 Å². The van der Waals surface area contributed by atoms with Crippen LogP contribution in [-0.2, 0) is 27.4 Å². The molecule has 1 amide bonds. The maximum Gasteiger partial charge on any atom is 0.312 e. The number of nitrogens with zero attached hydrogens (tertiary/aromatic N) is 1. The number of nitrogens with one attached hydrogen (secondary N) is 1. The molecule has 2 aromatic carbocycles. The highest BCUT2D eigenvalue weighted by molar-refractivity contribution is 7.09. The van der Waals surface area contributed by atoms with Gasteiger partial charge in [0.1, 0.15) is 23.2 Å². The van der Waals surface area contributed by atoms with Gasteiger partial charge in [0, 0.05) is 11.1 Å². The highest BCUT2D eigenvalue weighted by Crippen LogP contribution is 2.26. The Morgan fingerprint density at radius 3 is 2.58 bits per heavy atom. The lowest BCUT2D eigenvalue weighted by molar-refractivity contribution is -0.152. The van der Waals surface area contributed by atoms with Crippen LogP contribution in [0.1, 0.15) is 49.4 Å². The molecule has 0 aliphatic carbocycles. The maximum absolute atomic E-state index is 13.0. The lowest BCUT2D eigenvalue weighted by Crippen LogP contribution is -2.31. The van der Waals surface area contributed by atoms with Gasteiger partial charge in [0.15, 0.2) is 6.10 Å². The smallest absolute Gasteiger partial charge is 0.312 e. The third kappa shape index (κ3) is 7.12. The average molecular weight is 471 g/mol. The summed E-state index contributed by atoms with van der Waals surface area (Å²) in [5.41, 5.74) is 2.31. The van der Waals surface area contributed by atoms with E-state index in [1.807, 2.05) is 24.3 Å². The minimum Gasteiger partial charge on any atom is -0.486 e. The van der Waals surface area contributed by atoms with Crippen molar-refractivity contribution < 1.29 is 23.5 Å². The van der Waals surface area contributed by atoms with Crippen LogP contribution in [-0.4, -0.2) is 23.0 Å². The van der Waals surface area contributed by atoms with Gasteiger partial charge in [0.05, 0.1) is 12.1 Å². The van der Waals surface area contributed by atoms with Gasteiger partial charge < -0.3 is 14.8 Å². The number of hydrogen-bond donors (Lipinski definition) is 1. The second-order valence-corrected chi connectivity index (χ2v) is 8.61. The molecule has 0 fully saturated rings. The van der Waals surface area contributed by atoms with E-state index in [9.17, 15) is 14.0 Å². The Morgan fingerprint density at radius 2 is 1.85 bits per heavy atom. The first-order chi connectivity index (χ1) is 15.9. The first-order valence-electron chi connectivity index (χ1n) is 10.8. The van der Waals surface area contributed by atoms with Crippen molar-refractivity contribution in [1.82, 2.24) is 4.98 Å². The van der Waals surface area contributed by atoms with Gasteiger partial charge in [-0.05, 0) is 55.2 Å². The molecule has 174 valence electrons. The molecule has 2 atom stereocenters. The van der Waals surface area contributed by atoms with Gasteiger partial charge in [0.2, 0.25) is 0 Å². The molecule has 2 unspecified atom stereocenters. The van der Waals surface area contributed by atoms with E-state index < -0.39 is 12.1 Å². The van der Waals surface area contributed by atoms with E-state index in [4.69, 9.17) is 9.47 Å². The molecule has 0 saturated heterocycles. The number of amides is 1. The number of esters is 1. The summed E-state index contributed by atoms with van der Waals surface area (Å²) in [6, 6.07) is 13.3. The number of carbonyl (C=O) groups excluding carboxylic acids is 2. The van der Waals surface area contributed by atoms with E-state index >= 15 is 0 Å². The first-order valence-corrected chi connectivity index (χ1v) is 11.6. The zero-order valence-electron chi connectivity index (χ0n) is 18.8. The predicted octanol–water partition coefficient (Wildman–Crippen LogP) is 5.49. The van der Waals surface area contributed by atoms with Crippen molar-refractivity contribution in [2.45, 2.75) is 52.2 Å². The second-order valence-electron chi connectivity index (χ2n) is 7.67. The number of thiazole rings is 1. The SMILES string of the molecule is CCC(C)c1ccccc1NC(=O)C(C)OC(=O)Cc1csc(COc2ccc(F)cc2)n1. The van der Waals surface area contributed by atoms with E-state index in [2.05, 4.69) is 24.1 Å². The van der Waals surface area contributed by atoms with Crippen molar-refractivity contribution >= 4 is 28.9 Å². The third-order valence-corrected chi connectivity index (χ3v) is 6.01. The molecule has 0 spiro atoms. The summed E-state index contributed by atoms with van der Waals surface area (Å²) < 4.78 is 23.8. The summed E-state index contributed by atoms with van der Waals surface area (Å²) in [5, 5.41) is 5.29. The van der Waals surface area contributed by atoms with Gasteiger partial charge in [-0.25, -0.2) is 9.37 Å². The lowest BCUT2D eigenvalue weighted by Gasteiger charge is -2.18.